The fourth-order valence-corrected chi connectivity index (χ4v) is 9.64. The number of fused-ring (bicyclic) bond motifs is 2. The van der Waals surface area contributed by atoms with Crippen LogP contribution in [0.1, 0.15) is 57.4 Å². The Morgan fingerprint density at radius 2 is 1.57 bits per heavy atom. The third kappa shape index (κ3) is 9.83. The number of likely N-dealkylation sites (N-methyl/N-ethyl adjacent to an activating group) is 1. The number of methoxy groups -OCH3 is 1. The number of carbonyl (C=O) groups is 3. The van der Waals surface area contributed by atoms with E-state index in [0.717, 1.165) is 52.1 Å². The van der Waals surface area contributed by atoms with Gasteiger partial charge in [-0.3, -0.25) is 34.4 Å². The number of hydrogen-bond acceptors (Lipinski definition) is 15. The number of allylic oxidation sites excluding steroid dienone is 5. The predicted octanol–water partition coefficient (Wildman–Crippen LogP) is 6.91. The molecule has 70 heavy (non-hydrogen) atoms. The summed E-state index contributed by atoms with van der Waals surface area (Å²) in [6.07, 6.45) is 0.953. The molecule has 0 fully saturated rings. The minimum Gasteiger partial charge on any atom is -0.493 e. The Morgan fingerprint density at radius 3 is 2.19 bits per heavy atom. The Balaban J connectivity index is 1.12. The number of benzene rings is 4. The first kappa shape index (κ1) is 50.0. The average molecular weight is 980 g/mol. The molecule has 2 atom stereocenters. The van der Waals surface area contributed by atoms with Crippen LogP contribution in [-0.4, -0.2) is 97.1 Å². The smallest absolute Gasteiger partial charge is 0.493 e. The fourth-order valence-electron chi connectivity index (χ4n) is 8.99. The zero-order chi connectivity index (χ0) is 51.0. The van der Waals surface area contributed by atoms with Gasteiger partial charge < -0.3 is 34.5 Å². The van der Waals surface area contributed by atoms with Gasteiger partial charge in [-0.1, -0.05) is 50.2 Å². The molecule has 20 nitrogen and oxygen atoms in total. The third-order valence-electron chi connectivity index (χ3n) is 12.6. The van der Waals surface area contributed by atoms with Crippen molar-refractivity contribution in [3.63, 3.8) is 0 Å². The number of hydrogen-bond donors (Lipinski definition) is 3. The van der Waals surface area contributed by atoms with E-state index in [1.807, 2.05) is 99.8 Å². The zero-order valence-corrected chi connectivity index (χ0v) is 40.3. The summed E-state index contributed by atoms with van der Waals surface area (Å²) < 4.78 is 58.7. The summed E-state index contributed by atoms with van der Waals surface area (Å²) in [6.45, 7) is 8.85. The molecule has 366 valence electrons. The van der Waals surface area contributed by atoms with Crippen molar-refractivity contribution in [3.8, 4) is 17.2 Å². The van der Waals surface area contributed by atoms with Gasteiger partial charge in [-0.2, -0.15) is 13.0 Å². The highest BCUT2D eigenvalue weighted by molar-refractivity contribution is 7.85. The second-order valence-corrected chi connectivity index (χ2v) is 19.3. The third-order valence-corrected chi connectivity index (χ3v) is 13.4. The summed E-state index contributed by atoms with van der Waals surface area (Å²) in [5.41, 5.74) is 4.09. The number of para-hydroxylation sites is 2. The van der Waals surface area contributed by atoms with Crippen molar-refractivity contribution < 1.29 is 60.7 Å². The summed E-state index contributed by atoms with van der Waals surface area (Å²) in [5.74, 6) is -2.54. The van der Waals surface area contributed by atoms with Gasteiger partial charge in [0, 0.05) is 59.3 Å². The van der Waals surface area contributed by atoms with Crippen molar-refractivity contribution in [2.75, 3.05) is 45.0 Å². The van der Waals surface area contributed by atoms with Gasteiger partial charge in [-0.15, -0.1) is 0 Å². The molecule has 4 aromatic carbocycles. The molecule has 3 aliphatic rings. The van der Waals surface area contributed by atoms with Crippen molar-refractivity contribution in [1.29, 1.82) is 0 Å². The van der Waals surface area contributed by atoms with E-state index in [9.17, 15) is 47.6 Å². The summed E-state index contributed by atoms with van der Waals surface area (Å²) in [7, 11) is 0.220. The van der Waals surface area contributed by atoms with Crippen LogP contribution in [0.15, 0.2) is 120 Å². The van der Waals surface area contributed by atoms with E-state index < -0.39 is 66.4 Å². The molecule has 2 unspecified atom stereocenters. The van der Waals surface area contributed by atoms with Crippen molar-refractivity contribution in [2.24, 2.45) is 0 Å². The molecule has 0 aromatic heterocycles. The number of nitro benzene ring substituents is 2. The van der Waals surface area contributed by atoms with E-state index in [1.165, 1.54) is 32.2 Å². The van der Waals surface area contributed by atoms with Crippen molar-refractivity contribution in [3.05, 3.63) is 157 Å². The van der Waals surface area contributed by atoms with E-state index >= 15 is 0 Å². The maximum atomic E-state index is 14.4. The van der Waals surface area contributed by atoms with Crippen LogP contribution in [0.25, 0.3) is 0 Å². The van der Waals surface area contributed by atoms with Gasteiger partial charge in [0.1, 0.15) is 37.3 Å². The molecule has 0 spiro atoms. The Bertz CT molecular complexity index is 3080. The van der Waals surface area contributed by atoms with Gasteiger partial charge in [0.05, 0.1) is 51.8 Å². The topological polar surface area (TPSA) is 259 Å². The van der Waals surface area contributed by atoms with Crippen LogP contribution in [0.2, 0.25) is 0 Å². The number of nitrogens with zero attached hydrogens (tertiary/aromatic N) is 4. The van der Waals surface area contributed by atoms with Crippen LogP contribution >= 0.6 is 0 Å². The standard InChI is InChI=1S/C49H50N6O14S/c1-28(68-47(58)69-30-19-17-29(18-20-30)54(59)60)31-23-40(66-8)41(26-39(31)55(61)62)67-22-21-50-46(57)36(27-70(63,64)65)51-44-32(24-42-48(2,3)34-13-9-11-15-37(34)52(42)6)45(56)33(44)25-43-49(4,5)35-14-10-12-16-38(35)53(43)7/h9-20,23-26,28,36H,21-22,27H2,1-8H3,(H2-,50,51,56,57,63,64,65)/p+1. The number of amides is 1. The summed E-state index contributed by atoms with van der Waals surface area (Å²) in [6, 6.07) is 20.9. The first-order chi connectivity index (χ1) is 32.9. The van der Waals surface area contributed by atoms with E-state index in [4.69, 9.17) is 18.9 Å². The highest BCUT2D eigenvalue weighted by Crippen LogP contribution is 2.48. The lowest BCUT2D eigenvalue weighted by atomic mass is 9.77. The average Bonchev–Trinajstić information content (AvgIpc) is 3.62. The van der Waals surface area contributed by atoms with Gasteiger partial charge >= 0.3 is 6.16 Å². The molecule has 1 aliphatic carbocycles. The fraction of sp³-hybridized carbons (Fsp3) is 0.306. The summed E-state index contributed by atoms with van der Waals surface area (Å²) >= 11 is 0. The van der Waals surface area contributed by atoms with Crippen LogP contribution < -0.4 is 29.7 Å². The highest BCUT2D eigenvalue weighted by Gasteiger charge is 2.47. The van der Waals surface area contributed by atoms with E-state index in [2.05, 4.69) is 10.6 Å². The van der Waals surface area contributed by atoms with Crippen molar-refractivity contribution in [2.45, 2.75) is 57.6 Å². The normalized spacial score (nSPS) is 17.6. The number of nitro groups is 2. The highest BCUT2D eigenvalue weighted by atomic mass is 32.2. The van der Waals surface area contributed by atoms with Crippen LogP contribution in [-0.2, 0) is 35.3 Å². The van der Waals surface area contributed by atoms with Crippen LogP contribution in [0.3, 0.4) is 0 Å². The molecule has 2 heterocycles. The minimum atomic E-state index is -4.81. The zero-order valence-electron chi connectivity index (χ0n) is 39.5. The van der Waals surface area contributed by atoms with Crippen LogP contribution in [0.4, 0.5) is 27.5 Å². The molecule has 7 rings (SSSR count). The molecule has 0 radical (unpaired) electrons. The van der Waals surface area contributed by atoms with E-state index in [0.29, 0.717) is 0 Å². The molecule has 4 aromatic rings. The Labute approximate surface area is 402 Å². The minimum absolute atomic E-state index is 0.0178. The number of non-ortho nitro benzene ring substituents is 1. The van der Waals surface area contributed by atoms with Crippen molar-refractivity contribution in [1.82, 2.24) is 10.6 Å². The number of anilines is 1. The second kappa shape index (κ2) is 19.2. The van der Waals surface area contributed by atoms with Gasteiger partial charge in [-0.25, -0.2) is 4.79 Å². The Morgan fingerprint density at radius 1 is 0.914 bits per heavy atom. The molecule has 0 saturated heterocycles. The van der Waals surface area contributed by atoms with Gasteiger partial charge in [0.25, 0.3) is 21.5 Å². The number of Topliss-reactive ketones (excluding diaryl/α,β-unsaturated/α-hetero) is 1. The molecule has 3 N–H and O–H groups in total. The van der Waals surface area contributed by atoms with Crippen LogP contribution in [0.5, 0.6) is 17.2 Å². The van der Waals surface area contributed by atoms with Crippen LogP contribution in [0, 0.1) is 20.2 Å². The predicted molar refractivity (Wildman–Crippen MR) is 257 cm³/mol. The number of rotatable bonds is 17. The Kier molecular flexibility index (Phi) is 13.7. The largest absolute Gasteiger partial charge is 0.514 e. The summed E-state index contributed by atoms with van der Waals surface area (Å²) in [4.78, 5) is 64.7. The maximum absolute atomic E-state index is 14.4. The van der Waals surface area contributed by atoms with Gasteiger partial charge in [0.2, 0.25) is 11.6 Å². The molecule has 0 saturated carbocycles. The first-order valence-electron chi connectivity index (χ1n) is 21.8. The molecule has 2 aliphatic heterocycles. The molecule has 0 bridgehead atoms. The van der Waals surface area contributed by atoms with Crippen molar-refractivity contribution >= 4 is 56.4 Å². The van der Waals surface area contributed by atoms with Gasteiger partial charge in [0.15, 0.2) is 23.0 Å². The SMILES string of the molecule is COc1cc(C(C)OC(=O)Oc2ccc([N+](=O)[O-])cc2)c([N+](=O)[O-])cc1OCCNC(=O)C(CS(=O)(=O)O)NC1=C(C=C2N(C)c3ccccc3C2(C)C)C(=O)C1=CC1=[N+](C)c2ccccc2C1(C)C. The van der Waals surface area contributed by atoms with E-state index in [1.54, 1.807) is 12.2 Å². The monoisotopic (exact) mass is 979 g/mol. The number of ketones is 1. The molecular formula is C49H51N6O14S+. The first-order valence-corrected chi connectivity index (χ1v) is 23.4. The number of ether oxygens (including phenoxy) is 4. The second-order valence-electron chi connectivity index (χ2n) is 17.8. The number of nitrogens with one attached hydrogen (secondary N) is 2. The molecular weight excluding hydrogens is 929 g/mol. The summed E-state index contributed by atoms with van der Waals surface area (Å²) in [5, 5.41) is 28.8. The quantitative estimate of drug-likeness (QED) is 0.0142. The lowest BCUT2D eigenvalue weighted by molar-refractivity contribution is -0.401. The molecule has 21 heteroatoms. The lowest BCUT2D eigenvalue weighted by Crippen LogP contribution is -2.51. The number of carbonyl (C=O) groups excluding carboxylic acids is 3. The lowest BCUT2D eigenvalue weighted by Gasteiger charge is -2.31. The Hall–Kier alpha value is -7.91. The van der Waals surface area contributed by atoms with E-state index in [-0.39, 0.29) is 64.3 Å². The van der Waals surface area contributed by atoms with Gasteiger partial charge in [-0.05, 0) is 56.7 Å². The molecule has 1 amide bonds. The maximum Gasteiger partial charge on any atom is 0.514 e.